The number of piperazine rings is 1. The molecule has 0 bridgehead atoms. The van der Waals surface area contributed by atoms with Crippen LogP contribution < -0.4 is 10.1 Å². The molecular weight excluding hydrogens is 316 g/mol. The molecule has 0 spiro atoms. The van der Waals surface area contributed by atoms with Crippen molar-refractivity contribution >= 4 is 15.9 Å². The Labute approximate surface area is 130 Å². The number of nitrogens with zero attached hydrogens (tertiary/aromatic N) is 1. The molecule has 1 aromatic carbocycles. The van der Waals surface area contributed by atoms with Gasteiger partial charge in [-0.2, -0.15) is 0 Å². The Balaban J connectivity index is 2.06. The summed E-state index contributed by atoms with van der Waals surface area (Å²) in [5, 5.41) is 3.63. The van der Waals surface area contributed by atoms with Crippen LogP contribution in [0.3, 0.4) is 0 Å². The third-order valence-corrected chi connectivity index (χ3v) is 4.73. The highest BCUT2D eigenvalue weighted by molar-refractivity contribution is 9.10. The topological polar surface area (TPSA) is 24.5 Å². The molecule has 1 saturated heterocycles. The van der Waals surface area contributed by atoms with Gasteiger partial charge in [0.05, 0.1) is 7.11 Å². The van der Waals surface area contributed by atoms with Crippen molar-refractivity contribution in [2.24, 2.45) is 5.41 Å². The van der Waals surface area contributed by atoms with E-state index in [9.17, 15) is 0 Å². The van der Waals surface area contributed by atoms with E-state index >= 15 is 0 Å². The maximum Gasteiger partial charge on any atom is 0.119 e. The molecule has 1 aliphatic heterocycles. The van der Waals surface area contributed by atoms with Gasteiger partial charge in [0.2, 0.25) is 0 Å². The monoisotopic (exact) mass is 340 g/mol. The molecule has 1 aliphatic rings. The van der Waals surface area contributed by atoms with Gasteiger partial charge in [-0.1, -0.05) is 36.7 Å². The van der Waals surface area contributed by atoms with Crippen molar-refractivity contribution in [1.82, 2.24) is 10.2 Å². The summed E-state index contributed by atoms with van der Waals surface area (Å²) in [6.45, 7) is 11.1. The van der Waals surface area contributed by atoms with Gasteiger partial charge in [-0.05, 0) is 29.2 Å². The molecular formula is C16H25BrN2O. The molecule has 0 amide bonds. The lowest BCUT2D eigenvalue weighted by Gasteiger charge is -2.40. The van der Waals surface area contributed by atoms with E-state index in [4.69, 9.17) is 4.74 Å². The van der Waals surface area contributed by atoms with E-state index in [2.05, 4.69) is 59.1 Å². The summed E-state index contributed by atoms with van der Waals surface area (Å²) in [7, 11) is 1.72. The lowest BCUT2D eigenvalue weighted by atomic mass is 9.85. The summed E-state index contributed by atoms with van der Waals surface area (Å²) in [5.41, 5.74) is 1.59. The molecule has 0 aromatic heterocycles. The Morgan fingerprint density at radius 1 is 1.40 bits per heavy atom. The predicted octanol–water partition coefficient (Wildman–Crippen LogP) is 3.28. The molecule has 1 heterocycles. The summed E-state index contributed by atoms with van der Waals surface area (Å²) >= 11 is 3.64. The van der Waals surface area contributed by atoms with Gasteiger partial charge < -0.3 is 10.1 Å². The number of methoxy groups -OCH3 is 1. The van der Waals surface area contributed by atoms with E-state index < -0.39 is 0 Å². The normalized spacial score (nSPS) is 20.9. The Kier molecular flexibility index (Phi) is 5.10. The molecule has 3 nitrogen and oxygen atoms in total. The number of nitrogens with one attached hydrogen (secondary N) is 1. The Morgan fingerprint density at radius 2 is 2.15 bits per heavy atom. The highest BCUT2D eigenvalue weighted by Gasteiger charge is 2.29. The molecule has 112 valence electrons. The van der Waals surface area contributed by atoms with E-state index in [0.29, 0.717) is 11.5 Å². The van der Waals surface area contributed by atoms with Crippen LogP contribution in [0.25, 0.3) is 0 Å². The van der Waals surface area contributed by atoms with Gasteiger partial charge >= 0.3 is 0 Å². The molecule has 2 rings (SSSR count). The van der Waals surface area contributed by atoms with Gasteiger partial charge in [-0.25, -0.2) is 0 Å². The molecule has 1 atom stereocenters. The van der Waals surface area contributed by atoms with Crippen LogP contribution in [-0.2, 0) is 6.54 Å². The number of hydrogen-bond acceptors (Lipinski definition) is 3. The van der Waals surface area contributed by atoms with Crippen molar-refractivity contribution in [3.8, 4) is 5.75 Å². The Bertz CT molecular complexity index is 456. The zero-order chi connectivity index (χ0) is 14.8. The molecule has 0 radical (unpaired) electrons. The van der Waals surface area contributed by atoms with Crippen molar-refractivity contribution in [2.75, 3.05) is 26.7 Å². The predicted molar refractivity (Wildman–Crippen MR) is 87.2 cm³/mol. The fourth-order valence-corrected chi connectivity index (χ4v) is 2.95. The van der Waals surface area contributed by atoms with Crippen LogP contribution in [0.4, 0.5) is 0 Å². The van der Waals surface area contributed by atoms with Gasteiger partial charge in [0.1, 0.15) is 5.75 Å². The van der Waals surface area contributed by atoms with Crippen LogP contribution in [-0.4, -0.2) is 37.7 Å². The summed E-state index contributed by atoms with van der Waals surface area (Å²) < 4.78 is 6.48. The van der Waals surface area contributed by atoms with Crippen molar-refractivity contribution in [1.29, 1.82) is 0 Å². The SMILES string of the molecule is COc1ccc(Br)c(CN2CCNC(C(C)(C)C)C2)c1. The first-order valence-electron chi connectivity index (χ1n) is 7.18. The largest absolute Gasteiger partial charge is 0.497 e. The molecule has 4 heteroatoms. The van der Waals surface area contributed by atoms with Crippen LogP contribution in [0, 0.1) is 5.41 Å². The fraction of sp³-hybridized carbons (Fsp3) is 0.625. The fourth-order valence-electron chi connectivity index (χ4n) is 2.57. The van der Waals surface area contributed by atoms with E-state index in [-0.39, 0.29) is 0 Å². The second-order valence-corrected chi connectivity index (χ2v) is 7.42. The number of halogens is 1. The van der Waals surface area contributed by atoms with Crippen LogP contribution in [0.15, 0.2) is 22.7 Å². The van der Waals surface area contributed by atoms with Crippen molar-refractivity contribution in [2.45, 2.75) is 33.4 Å². The standard InChI is InChI=1S/C16H25BrN2O/c1-16(2,3)15-11-19(8-7-18-15)10-12-9-13(20-4)5-6-14(12)17/h5-6,9,15,18H,7-8,10-11H2,1-4H3. The zero-order valence-corrected chi connectivity index (χ0v) is 14.5. The first-order chi connectivity index (χ1) is 9.40. The van der Waals surface area contributed by atoms with Gasteiger partial charge in [0.25, 0.3) is 0 Å². The molecule has 1 fully saturated rings. The second kappa shape index (κ2) is 6.46. The second-order valence-electron chi connectivity index (χ2n) is 6.57. The third-order valence-electron chi connectivity index (χ3n) is 3.95. The van der Waals surface area contributed by atoms with Crippen LogP contribution >= 0.6 is 15.9 Å². The quantitative estimate of drug-likeness (QED) is 0.913. The summed E-state index contributed by atoms with van der Waals surface area (Å²) in [6, 6.07) is 6.72. The van der Waals surface area contributed by atoms with Gasteiger partial charge in [0, 0.05) is 36.7 Å². The molecule has 0 saturated carbocycles. The van der Waals surface area contributed by atoms with Gasteiger partial charge in [-0.15, -0.1) is 0 Å². The van der Waals surface area contributed by atoms with Crippen LogP contribution in [0.1, 0.15) is 26.3 Å². The average molecular weight is 341 g/mol. The van der Waals surface area contributed by atoms with Crippen molar-refractivity contribution in [3.05, 3.63) is 28.2 Å². The number of rotatable bonds is 3. The summed E-state index contributed by atoms with van der Waals surface area (Å²) in [4.78, 5) is 2.52. The van der Waals surface area contributed by atoms with E-state index in [1.54, 1.807) is 7.11 Å². The van der Waals surface area contributed by atoms with Gasteiger partial charge in [0.15, 0.2) is 0 Å². The summed E-state index contributed by atoms with van der Waals surface area (Å²) in [5.74, 6) is 0.922. The minimum atomic E-state index is 0.296. The number of benzene rings is 1. The first-order valence-corrected chi connectivity index (χ1v) is 7.97. The molecule has 20 heavy (non-hydrogen) atoms. The van der Waals surface area contributed by atoms with E-state index in [1.807, 2.05) is 6.07 Å². The van der Waals surface area contributed by atoms with Crippen LogP contribution in [0.5, 0.6) is 5.75 Å². The molecule has 0 aliphatic carbocycles. The van der Waals surface area contributed by atoms with E-state index in [1.165, 1.54) is 5.56 Å². The zero-order valence-electron chi connectivity index (χ0n) is 12.9. The average Bonchev–Trinajstić information content (AvgIpc) is 2.41. The Hall–Kier alpha value is -0.580. The maximum atomic E-state index is 5.32. The maximum absolute atomic E-state index is 5.32. The number of hydrogen-bond donors (Lipinski definition) is 1. The highest BCUT2D eigenvalue weighted by Crippen LogP contribution is 2.26. The van der Waals surface area contributed by atoms with Crippen LogP contribution in [0.2, 0.25) is 0 Å². The lowest BCUT2D eigenvalue weighted by molar-refractivity contribution is 0.129. The van der Waals surface area contributed by atoms with E-state index in [0.717, 1.165) is 36.4 Å². The Morgan fingerprint density at radius 3 is 2.80 bits per heavy atom. The minimum absolute atomic E-state index is 0.296. The molecule has 1 unspecified atom stereocenters. The summed E-state index contributed by atoms with van der Waals surface area (Å²) in [6.07, 6.45) is 0. The number of ether oxygens (including phenoxy) is 1. The first kappa shape index (κ1) is 15.8. The van der Waals surface area contributed by atoms with Crippen molar-refractivity contribution < 1.29 is 4.74 Å². The smallest absolute Gasteiger partial charge is 0.119 e. The lowest BCUT2D eigenvalue weighted by Crippen LogP contribution is -2.55. The third kappa shape index (κ3) is 3.96. The molecule has 1 aromatic rings. The van der Waals surface area contributed by atoms with Gasteiger partial charge in [-0.3, -0.25) is 4.90 Å². The minimum Gasteiger partial charge on any atom is -0.497 e. The van der Waals surface area contributed by atoms with Crippen molar-refractivity contribution in [3.63, 3.8) is 0 Å². The molecule has 1 N–H and O–H groups in total. The highest BCUT2D eigenvalue weighted by atomic mass is 79.9.